The van der Waals surface area contributed by atoms with Crippen LogP contribution < -0.4 is 0 Å². The Morgan fingerprint density at radius 2 is 2.00 bits per heavy atom. The van der Waals surface area contributed by atoms with E-state index in [-0.39, 0.29) is 11.5 Å². The van der Waals surface area contributed by atoms with Crippen molar-refractivity contribution in [1.29, 1.82) is 0 Å². The molecule has 1 aromatic heterocycles. The largest absolute Gasteiger partial charge is 0.391 e. The lowest BCUT2D eigenvalue weighted by molar-refractivity contribution is 0.282. The second-order valence-electron chi connectivity index (χ2n) is 5.31. The second kappa shape index (κ2) is 6.44. The van der Waals surface area contributed by atoms with Crippen molar-refractivity contribution >= 4 is 31.4 Å². The van der Waals surface area contributed by atoms with E-state index in [0.717, 1.165) is 11.1 Å². The average molecular weight is 327 g/mol. The summed E-state index contributed by atoms with van der Waals surface area (Å²) < 4.78 is 28.0. The van der Waals surface area contributed by atoms with Crippen molar-refractivity contribution in [2.24, 2.45) is 5.92 Å². The number of hydrogen-bond acceptors (Lipinski definition) is 4. The van der Waals surface area contributed by atoms with E-state index in [1.165, 1.54) is 15.6 Å². The van der Waals surface area contributed by atoms with Gasteiger partial charge in [0.05, 0.1) is 11.5 Å². The molecule has 0 saturated heterocycles. The van der Waals surface area contributed by atoms with Crippen molar-refractivity contribution in [2.45, 2.75) is 31.8 Å². The molecule has 0 aliphatic heterocycles. The van der Waals surface area contributed by atoms with Gasteiger partial charge in [0.1, 0.15) is 4.90 Å². The van der Waals surface area contributed by atoms with Crippen molar-refractivity contribution in [3.63, 3.8) is 0 Å². The molecule has 2 rings (SSSR count). The lowest BCUT2D eigenvalue weighted by Crippen LogP contribution is -2.31. The Hall–Kier alpha value is -0.950. The van der Waals surface area contributed by atoms with Crippen LogP contribution in [-0.4, -0.2) is 31.4 Å². The predicted octanol–water partition coefficient (Wildman–Crippen LogP) is 3.06. The van der Waals surface area contributed by atoms with Crippen molar-refractivity contribution in [3.05, 3.63) is 29.1 Å². The van der Waals surface area contributed by atoms with Gasteiger partial charge in [0, 0.05) is 23.7 Å². The van der Waals surface area contributed by atoms with Gasteiger partial charge in [0.2, 0.25) is 10.0 Å². The van der Waals surface area contributed by atoms with Gasteiger partial charge >= 0.3 is 0 Å². The van der Waals surface area contributed by atoms with Gasteiger partial charge in [0.25, 0.3) is 0 Å². The quantitative estimate of drug-likeness (QED) is 0.887. The molecule has 0 saturated carbocycles. The Morgan fingerprint density at radius 1 is 1.33 bits per heavy atom. The number of rotatable bonds is 6. The van der Waals surface area contributed by atoms with E-state index in [4.69, 9.17) is 0 Å². The maximum absolute atomic E-state index is 12.9. The smallest absolute Gasteiger partial charge is 0.244 e. The third-order valence-electron chi connectivity index (χ3n) is 3.70. The highest BCUT2D eigenvalue weighted by Crippen LogP contribution is 2.36. The molecular weight excluding hydrogens is 306 g/mol. The molecule has 0 amide bonds. The van der Waals surface area contributed by atoms with Gasteiger partial charge in [-0.3, -0.25) is 0 Å². The molecule has 1 aromatic carbocycles. The number of aliphatic hydroxyl groups excluding tert-OH is 1. The Labute approximate surface area is 130 Å². The highest BCUT2D eigenvalue weighted by Gasteiger charge is 2.28. The van der Waals surface area contributed by atoms with E-state index in [2.05, 4.69) is 0 Å². The number of aliphatic hydroxyl groups is 1. The van der Waals surface area contributed by atoms with Gasteiger partial charge in [-0.05, 0) is 12.0 Å². The Bertz CT molecular complexity index is 722. The first kappa shape index (κ1) is 16.4. The lowest BCUT2D eigenvalue weighted by Gasteiger charge is -2.20. The Kier molecular flexibility index (Phi) is 5.03. The Balaban J connectivity index is 2.53. The SMILES string of the molecule is CCC(C)CN(C)S(=O)(=O)c1c(CO)sc2ccccc12. The number of thiophene rings is 1. The first-order valence-electron chi connectivity index (χ1n) is 6.99. The van der Waals surface area contributed by atoms with E-state index in [1.807, 2.05) is 32.0 Å². The van der Waals surface area contributed by atoms with Crippen LogP contribution in [0, 0.1) is 5.92 Å². The molecule has 0 spiro atoms. The topological polar surface area (TPSA) is 57.6 Å². The molecule has 0 radical (unpaired) electrons. The minimum atomic E-state index is -3.59. The van der Waals surface area contributed by atoms with Crippen molar-refractivity contribution in [3.8, 4) is 0 Å². The van der Waals surface area contributed by atoms with E-state index < -0.39 is 10.0 Å². The Morgan fingerprint density at radius 3 is 2.62 bits per heavy atom. The molecule has 6 heteroatoms. The van der Waals surface area contributed by atoms with E-state index >= 15 is 0 Å². The average Bonchev–Trinajstić information content (AvgIpc) is 2.85. The molecule has 21 heavy (non-hydrogen) atoms. The zero-order valence-corrected chi connectivity index (χ0v) is 14.2. The zero-order chi connectivity index (χ0) is 15.6. The molecule has 4 nitrogen and oxygen atoms in total. The minimum absolute atomic E-state index is 0.259. The number of fused-ring (bicyclic) bond motifs is 1. The summed E-state index contributed by atoms with van der Waals surface area (Å²) in [7, 11) is -1.98. The summed E-state index contributed by atoms with van der Waals surface area (Å²) in [5.41, 5.74) is 0. The standard InChI is InChI=1S/C15H21NO3S2/c1-4-11(2)9-16(3)21(18,19)15-12-7-5-6-8-13(12)20-14(15)10-17/h5-8,11,17H,4,9-10H2,1-3H3. The monoisotopic (exact) mass is 327 g/mol. The fraction of sp³-hybridized carbons (Fsp3) is 0.467. The van der Waals surface area contributed by atoms with Crippen molar-refractivity contribution in [2.75, 3.05) is 13.6 Å². The van der Waals surface area contributed by atoms with Crippen LogP contribution in [0.15, 0.2) is 29.2 Å². The van der Waals surface area contributed by atoms with Crippen molar-refractivity contribution < 1.29 is 13.5 Å². The maximum atomic E-state index is 12.9. The molecule has 1 heterocycles. The molecule has 0 aliphatic carbocycles. The highest BCUT2D eigenvalue weighted by molar-refractivity contribution is 7.89. The van der Waals surface area contributed by atoms with Crippen LogP contribution in [0.4, 0.5) is 0 Å². The first-order valence-corrected chi connectivity index (χ1v) is 9.25. The summed E-state index contributed by atoms with van der Waals surface area (Å²) in [6.07, 6.45) is 0.928. The summed E-state index contributed by atoms with van der Waals surface area (Å²) in [6, 6.07) is 7.38. The van der Waals surface area contributed by atoms with Crippen LogP contribution in [0.3, 0.4) is 0 Å². The number of nitrogens with zero attached hydrogens (tertiary/aromatic N) is 1. The molecule has 1 unspecified atom stereocenters. The molecule has 1 atom stereocenters. The van der Waals surface area contributed by atoms with Gasteiger partial charge in [-0.15, -0.1) is 11.3 Å². The lowest BCUT2D eigenvalue weighted by atomic mass is 10.1. The van der Waals surface area contributed by atoms with Crippen LogP contribution in [0.25, 0.3) is 10.1 Å². The van der Waals surface area contributed by atoms with Gasteiger partial charge in [0.15, 0.2) is 0 Å². The molecule has 0 bridgehead atoms. The first-order chi connectivity index (χ1) is 9.91. The zero-order valence-electron chi connectivity index (χ0n) is 12.5. The number of hydrogen-bond donors (Lipinski definition) is 1. The minimum Gasteiger partial charge on any atom is -0.391 e. The molecule has 2 aromatic rings. The van der Waals surface area contributed by atoms with E-state index in [0.29, 0.717) is 22.7 Å². The van der Waals surface area contributed by atoms with Gasteiger partial charge < -0.3 is 5.11 Å². The van der Waals surface area contributed by atoms with Crippen LogP contribution in [0.5, 0.6) is 0 Å². The van der Waals surface area contributed by atoms with E-state index in [1.54, 1.807) is 13.1 Å². The summed E-state index contributed by atoms with van der Waals surface area (Å²) in [5.74, 6) is 0.298. The summed E-state index contributed by atoms with van der Waals surface area (Å²) in [5, 5.41) is 10.2. The highest BCUT2D eigenvalue weighted by atomic mass is 32.2. The van der Waals surface area contributed by atoms with Gasteiger partial charge in [-0.25, -0.2) is 12.7 Å². The fourth-order valence-corrected chi connectivity index (χ4v) is 5.32. The van der Waals surface area contributed by atoms with Gasteiger partial charge in [-0.1, -0.05) is 38.5 Å². The van der Waals surface area contributed by atoms with Crippen LogP contribution >= 0.6 is 11.3 Å². The van der Waals surface area contributed by atoms with Crippen LogP contribution in [0.2, 0.25) is 0 Å². The number of benzene rings is 1. The third kappa shape index (κ3) is 3.13. The van der Waals surface area contributed by atoms with Gasteiger partial charge in [-0.2, -0.15) is 0 Å². The number of sulfonamides is 1. The summed E-state index contributed by atoms with van der Waals surface area (Å²) in [6.45, 7) is 4.30. The molecule has 116 valence electrons. The molecule has 1 N–H and O–H groups in total. The molecular formula is C15H21NO3S2. The van der Waals surface area contributed by atoms with E-state index in [9.17, 15) is 13.5 Å². The second-order valence-corrected chi connectivity index (χ2v) is 8.43. The fourth-order valence-electron chi connectivity index (χ4n) is 2.28. The normalized spacial score (nSPS) is 14.0. The predicted molar refractivity (Wildman–Crippen MR) is 87.0 cm³/mol. The van der Waals surface area contributed by atoms with Crippen LogP contribution in [-0.2, 0) is 16.6 Å². The molecule has 0 fully saturated rings. The van der Waals surface area contributed by atoms with Crippen molar-refractivity contribution in [1.82, 2.24) is 4.31 Å². The molecule has 0 aliphatic rings. The summed E-state index contributed by atoms with van der Waals surface area (Å²) in [4.78, 5) is 0.767. The maximum Gasteiger partial charge on any atom is 0.244 e. The summed E-state index contributed by atoms with van der Waals surface area (Å²) >= 11 is 1.34. The van der Waals surface area contributed by atoms with Crippen LogP contribution in [0.1, 0.15) is 25.1 Å². The third-order valence-corrected chi connectivity index (χ3v) is 6.93.